The standard InChI is InChI=1S/C23H32N2O3S/c1-7-21(20-14-11-17(4)15-18(20)5)24-23(26)22(8-2)25(29(6,27)28)19-12-9-16(3)10-13-19/h9-15,21-22H,7-8H2,1-6H3,(H,24,26)/t21-,22+/m0/s1. The first kappa shape index (κ1) is 22.9. The Morgan fingerprint density at radius 2 is 1.55 bits per heavy atom. The van der Waals surface area contributed by atoms with Gasteiger partial charge < -0.3 is 5.32 Å². The summed E-state index contributed by atoms with van der Waals surface area (Å²) in [5.74, 6) is -0.287. The number of nitrogens with one attached hydrogen (secondary N) is 1. The molecule has 0 aromatic heterocycles. The Kier molecular flexibility index (Phi) is 7.47. The normalized spacial score (nSPS) is 13.6. The molecule has 0 fully saturated rings. The smallest absolute Gasteiger partial charge is 0.244 e. The third-order valence-corrected chi connectivity index (χ3v) is 6.32. The van der Waals surface area contributed by atoms with Gasteiger partial charge in [-0.15, -0.1) is 0 Å². The fraction of sp³-hybridized carbons (Fsp3) is 0.435. The van der Waals surface area contributed by atoms with E-state index in [1.54, 1.807) is 12.1 Å². The Labute approximate surface area is 175 Å². The summed E-state index contributed by atoms with van der Waals surface area (Å²) in [7, 11) is -3.64. The molecule has 2 atom stereocenters. The topological polar surface area (TPSA) is 66.5 Å². The van der Waals surface area contributed by atoms with Gasteiger partial charge in [-0.2, -0.15) is 0 Å². The van der Waals surface area contributed by atoms with Gasteiger partial charge in [-0.05, 0) is 56.9 Å². The van der Waals surface area contributed by atoms with Crippen molar-refractivity contribution < 1.29 is 13.2 Å². The van der Waals surface area contributed by atoms with Gasteiger partial charge in [-0.1, -0.05) is 55.3 Å². The lowest BCUT2D eigenvalue weighted by molar-refractivity contribution is -0.123. The van der Waals surface area contributed by atoms with E-state index >= 15 is 0 Å². The highest BCUT2D eigenvalue weighted by molar-refractivity contribution is 7.92. The third kappa shape index (κ3) is 5.60. The fourth-order valence-corrected chi connectivity index (χ4v) is 4.85. The number of benzene rings is 2. The minimum atomic E-state index is -3.64. The number of anilines is 1. The maximum atomic E-state index is 13.2. The molecule has 1 N–H and O–H groups in total. The quantitative estimate of drug-likeness (QED) is 0.692. The van der Waals surface area contributed by atoms with Gasteiger partial charge >= 0.3 is 0 Å². The molecule has 0 bridgehead atoms. The van der Waals surface area contributed by atoms with Crippen LogP contribution in [0.2, 0.25) is 0 Å². The summed E-state index contributed by atoms with van der Waals surface area (Å²) in [6, 6.07) is 12.4. The molecule has 29 heavy (non-hydrogen) atoms. The number of rotatable bonds is 8. The molecule has 5 nitrogen and oxygen atoms in total. The van der Waals surface area contributed by atoms with Crippen molar-refractivity contribution in [3.8, 4) is 0 Å². The Morgan fingerprint density at radius 3 is 2.03 bits per heavy atom. The Bertz CT molecular complexity index is 953. The molecule has 0 saturated heterocycles. The molecule has 0 aliphatic carbocycles. The molecule has 2 aromatic rings. The monoisotopic (exact) mass is 416 g/mol. The zero-order valence-electron chi connectivity index (χ0n) is 18.2. The second-order valence-corrected chi connectivity index (χ2v) is 9.51. The average molecular weight is 417 g/mol. The number of aryl methyl sites for hydroxylation is 3. The van der Waals surface area contributed by atoms with E-state index in [0.717, 1.165) is 29.4 Å². The summed E-state index contributed by atoms with van der Waals surface area (Å²) in [4.78, 5) is 13.2. The van der Waals surface area contributed by atoms with Gasteiger partial charge in [0.2, 0.25) is 15.9 Å². The van der Waals surface area contributed by atoms with Crippen LogP contribution < -0.4 is 9.62 Å². The van der Waals surface area contributed by atoms with Gasteiger partial charge in [0.05, 0.1) is 18.0 Å². The molecule has 2 rings (SSSR count). The lowest BCUT2D eigenvalue weighted by atomic mass is 9.97. The van der Waals surface area contributed by atoms with Crippen LogP contribution in [-0.4, -0.2) is 26.6 Å². The SMILES string of the molecule is CC[C@H](NC(=O)[C@@H](CC)N(c1ccc(C)cc1)S(C)(=O)=O)c1ccc(C)cc1C. The molecule has 0 spiro atoms. The van der Waals surface area contributed by atoms with Gasteiger partial charge in [0.1, 0.15) is 6.04 Å². The van der Waals surface area contributed by atoms with Gasteiger partial charge in [-0.3, -0.25) is 9.10 Å². The van der Waals surface area contributed by atoms with E-state index in [2.05, 4.69) is 11.4 Å². The van der Waals surface area contributed by atoms with Crippen molar-refractivity contribution in [2.45, 2.75) is 59.5 Å². The van der Waals surface area contributed by atoms with Gasteiger partial charge in [0, 0.05) is 0 Å². The number of sulfonamides is 1. The Balaban J connectivity index is 2.36. The molecule has 2 aromatic carbocycles. The van der Waals surface area contributed by atoms with E-state index in [0.29, 0.717) is 12.1 Å². The zero-order chi connectivity index (χ0) is 21.8. The van der Waals surface area contributed by atoms with Crippen LogP contribution in [0.3, 0.4) is 0 Å². The summed E-state index contributed by atoms with van der Waals surface area (Å²) >= 11 is 0. The van der Waals surface area contributed by atoms with Gasteiger partial charge in [-0.25, -0.2) is 8.42 Å². The summed E-state index contributed by atoms with van der Waals surface area (Å²) in [5.41, 5.74) is 4.87. The predicted octanol–water partition coefficient (Wildman–Crippen LogP) is 4.42. The van der Waals surface area contributed by atoms with Crippen molar-refractivity contribution in [1.82, 2.24) is 5.32 Å². The van der Waals surface area contributed by atoms with Crippen LogP contribution >= 0.6 is 0 Å². The molecule has 6 heteroatoms. The molecular formula is C23H32N2O3S. The number of hydrogen-bond acceptors (Lipinski definition) is 3. The fourth-order valence-electron chi connectivity index (χ4n) is 3.64. The molecule has 158 valence electrons. The summed E-state index contributed by atoms with van der Waals surface area (Å²) in [5, 5.41) is 3.08. The largest absolute Gasteiger partial charge is 0.347 e. The number of amides is 1. The first-order chi connectivity index (χ1) is 13.6. The molecule has 0 radical (unpaired) electrons. The van der Waals surface area contributed by atoms with Crippen molar-refractivity contribution in [1.29, 1.82) is 0 Å². The Hall–Kier alpha value is -2.34. The van der Waals surface area contributed by atoms with E-state index in [-0.39, 0.29) is 11.9 Å². The summed E-state index contributed by atoms with van der Waals surface area (Å²) < 4.78 is 26.4. The van der Waals surface area contributed by atoms with Crippen molar-refractivity contribution in [2.24, 2.45) is 0 Å². The Morgan fingerprint density at radius 1 is 0.966 bits per heavy atom. The molecule has 0 heterocycles. The highest BCUT2D eigenvalue weighted by Crippen LogP contribution is 2.25. The van der Waals surface area contributed by atoms with E-state index in [1.807, 2.05) is 58.9 Å². The minimum absolute atomic E-state index is 0.170. The van der Waals surface area contributed by atoms with Crippen molar-refractivity contribution in [3.63, 3.8) is 0 Å². The van der Waals surface area contributed by atoms with Gasteiger partial charge in [0.25, 0.3) is 0 Å². The average Bonchev–Trinajstić information content (AvgIpc) is 2.64. The first-order valence-electron chi connectivity index (χ1n) is 10.0. The highest BCUT2D eigenvalue weighted by Gasteiger charge is 2.32. The van der Waals surface area contributed by atoms with E-state index in [1.165, 1.54) is 9.87 Å². The molecular weight excluding hydrogens is 384 g/mol. The van der Waals surface area contributed by atoms with E-state index in [4.69, 9.17) is 0 Å². The molecule has 1 amide bonds. The molecule has 0 saturated carbocycles. The maximum absolute atomic E-state index is 13.2. The zero-order valence-corrected chi connectivity index (χ0v) is 19.0. The van der Waals surface area contributed by atoms with Crippen molar-refractivity contribution >= 4 is 21.6 Å². The van der Waals surface area contributed by atoms with Gasteiger partial charge in [0.15, 0.2) is 0 Å². The summed E-state index contributed by atoms with van der Waals surface area (Å²) in [6.07, 6.45) is 2.23. The van der Waals surface area contributed by atoms with Crippen LogP contribution in [-0.2, 0) is 14.8 Å². The highest BCUT2D eigenvalue weighted by atomic mass is 32.2. The van der Waals surface area contributed by atoms with Crippen LogP contribution in [0.15, 0.2) is 42.5 Å². The molecule has 0 aliphatic heterocycles. The van der Waals surface area contributed by atoms with Crippen molar-refractivity contribution in [2.75, 3.05) is 10.6 Å². The third-order valence-electron chi connectivity index (χ3n) is 5.14. The number of carbonyl (C=O) groups excluding carboxylic acids is 1. The molecule has 0 aliphatic rings. The van der Waals surface area contributed by atoms with E-state index in [9.17, 15) is 13.2 Å². The predicted molar refractivity (Wildman–Crippen MR) is 120 cm³/mol. The maximum Gasteiger partial charge on any atom is 0.244 e. The first-order valence-corrected chi connectivity index (χ1v) is 11.9. The number of nitrogens with zero attached hydrogens (tertiary/aromatic N) is 1. The lowest BCUT2D eigenvalue weighted by Gasteiger charge is -2.31. The summed E-state index contributed by atoms with van der Waals surface area (Å²) in [6.45, 7) is 9.85. The minimum Gasteiger partial charge on any atom is -0.347 e. The van der Waals surface area contributed by atoms with Crippen molar-refractivity contribution in [3.05, 3.63) is 64.7 Å². The van der Waals surface area contributed by atoms with Crippen LogP contribution in [0.4, 0.5) is 5.69 Å². The lowest BCUT2D eigenvalue weighted by Crippen LogP contribution is -2.50. The second kappa shape index (κ2) is 9.44. The van der Waals surface area contributed by atoms with Crippen LogP contribution in [0.5, 0.6) is 0 Å². The number of carbonyl (C=O) groups is 1. The van der Waals surface area contributed by atoms with Crippen LogP contribution in [0.1, 0.15) is 55.0 Å². The van der Waals surface area contributed by atoms with E-state index < -0.39 is 16.1 Å². The number of hydrogen-bond donors (Lipinski definition) is 1. The van der Waals surface area contributed by atoms with Crippen LogP contribution in [0, 0.1) is 20.8 Å². The molecule has 0 unspecified atom stereocenters. The second-order valence-electron chi connectivity index (χ2n) is 7.65. The van der Waals surface area contributed by atoms with Crippen LogP contribution in [0.25, 0.3) is 0 Å².